The highest BCUT2D eigenvalue weighted by Crippen LogP contribution is 2.16. The van der Waals surface area contributed by atoms with Crippen LogP contribution >= 0.6 is 0 Å². The van der Waals surface area contributed by atoms with Crippen LogP contribution in [0.25, 0.3) is 0 Å². The molecule has 1 N–H and O–H groups in total. The Balaban J connectivity index is 2.22. The van der Waals surface area contributed by atoms with Crippen molar-refractivity contribution in [1.29, 1.82) is 0 Å². The Morgan fingerprint density at radius 2 is 1.95 bits per heavy atom. The van der Waals surface area contributed by atoms with E-state index < -0.39 is 0 Å². The molecule has 0 bridgehead atoms. The lowest BCUT2D eigenvalue weighted by Crippen LogP contribution is -2.27. The van der Waals surface area contributed by atoms with Gasteiger partial charge in [0.25, 0.3) is 5.91 Å². The summed E-state index contributed by atoms with van der Waals surface area (Å²) in [6, 6.07) is 7.92. The Bertz CT molecular complexity index is 595. The third kappa shape index (κ3) is 2.93. The molecule has 1 aromatic heterocycles. The van der Waals surface area contributed by atoms with Crippen LogP contribution in [0.4, 0.5) is 11.5 Å². The average Bonchev–Trinajstić information content (AvgIpc) is 2.53. The SMILES string of the molecule is CCc1ccc(N(C)C(=O)c2cncc(NC)n2)cc1. The van der Waals surface area contributed by atoms with Crippen LogP contribution in [0.1, 0.15) is 23.0 Å². The van der Waals surface area contributed by atoms with Gasteiger partial charge >= 0.3 is 0 Å². The minimum atomic E-state index is -0.182. The Morgan fingerprint density at radius 1 is 1.25 bits per heavy atom. The van der Waals surface area contributed by atoms with Gasteiger partial charge in [-0.2, -0.15) is 0 Å². The van der Waals surface area contributed by atoms with Crippen LogP contribution in [0.3, 0.4) is 0 Å². The number of hydrogen-bond acceptors (Lipinski definition) is 4. The van der Waals surface area contributed by atoms with Crippen molar-refractivity contribution in [1.82, 2.24) is 9.97 Å². The fraction of sp³-hybridized carbons (Fsp3) is 0.267. The number of carbonyl (C=O) groups excluding carboxylic acids is 1. The summed E-state index contributed by atoms with van der Waals surface area (Å²) < 4.78 is 0. The molecule has 0 atom stereocenters. The second-order valence-electron chi connectivity index (χ2n) is 4.42. The topological polar surface area (TPSA) is 58.1 Å². The molecule has 104 valence electrons. The number of nitrogens with zero attached hydrogens (tertiary/aromatic N) is 3. The second kappa shape index (κ2) is 6.14. The van der Waals surface area contributed by atoms with E-state index in [-0.39, 0.29) is 5.91 Å². The van der Waals surface area contributed by atoms with Gasteiger partial charge in [-0.05, 0) is 24.1 Å². The third-order valence-corrected chi connectivity index (χ3v) is 3.15. The number of carbonyl (C=O) groups is 1. The van der Waals surface area contributed by atoms with E-state index in [1.165, 1.54) is 11.8 Å². The lowest BCUT2D eigenvalue weighted by Gasteiger charge is -2.17. The second-order valence-corrected chi connectivity index (χ2v) is 4.42. The molecule has 2 aromatic rings. The van der Waals surface area contributed by atoms with Gasteiger partial charge in [-0.15, -0.1) is 0 Å². The number of rotatable bonds is 4. The molecule has 2 rings (SSSR count). The predicted octanol–water partition coefficient (Wildman–Crippen LogP) is 2.36. The van der Waals surface area contributed by atoms with Crippen LogP contribution in [0.5, 0.6) is 0 Å². The van der Waals surface area contributed by atoms with E-state index in [9.17, 15) is 4.79 Å². The molecule has 0 radical (unpaired) electrons. The van der Waals surface area contributed by atoms with E-state index in [1.54, 1.807) is 25.2 Å². The molecule has 5 nitrogen and oxygen atoms in total. The molecule has 0 spiro atoms. The maximum absolute atomic E-state index is 12.4. The van der Waals surface area contributed by atoms with Gasteiger partial charge in [0.15, 0.2) is 0 Å². The van der Waals surface area contributed by atoms with E-state index in [0.29, 0.717) is 11.5 Å². The number of aromatic nitrogens is 2. The molecule has 0 aliphatic carbocycles. The zero-order chi connectivity index (χ0) is 14.5. The Hall–Kier alpha value is -2.43. The van der Waals surface area contributed by atoms with Crippen molar-refractivity contribution in [2.45, 2.75) is 13.3 Å². The molecule has 1 heterocycles. The summed E-state index contributed by atoms with van der Waals surface area (Å²) in [7, 11) is 3.47. The standard InChI is InChI=1S/C15H18N4O/c1-4-11-5-7-12(8-6-11)19(3)15(20)13-9-17-10-14(16-2)18-13/h5-10H,4H2,1-3H3,(H,16,18). The maximum atomic E-state index is 12.4. The Kier molecular flexibility index (Phi) is 4.30. The highest BCUT2D eigenvalue weighted by Gasteiger charge is 2.15. The van der Waals surface area contributed by atoms with Gasteiger partial charge in [-0.3, -0.25) is 9.78 Å². The summed E-state index contributed by atoms with van der Waals surface area (Å²) in [6.45, 7) is 2.10. The molecule has 0 saturated heterocycles. The van der Waals surface area contributed by atoms with Crippen molar-refractivity contribution in [2.75, 3.05) is 24.3 Å². The monoisotopic (exact) mass is 270 g/mol. The first-order valence-electron chi connectivity index (χ1n) is 6.52. The van der Waals surface area contributed by atoms with Crippen LogP contribution in [0.15, 0.2) is 36.7 Å². The molecule has 1 aromatic carbocycles. The first-order chi connectivity index (χ1) is 9.65. The van der Waals surface area contributed by atoms with E-state index in [2.05, 4.69) is 22.2 Å². The maximum Gasteiger partial charge on any atom is 0.278 e. The molecule has 0 saturated carbocycles. The summed E-state index contributed by atoms with van der Waals surface area (Å²) in [5.41, 5.74) is 2.40. The minimum Gasteiger partial charge on any atom is -0.372 e. The molecule has 1 amide bonds. The smallest absolute Gasteiger partial charge is 0.278 e. The quantitative estimate of drug-likeness (QED) is 0.926. The number of amides is 1. The van der Waals surface area contributed by atoms with Crippen LogP contribution < -0.4 is 10.2 Å². The summed E-state index contributed by atoms with van der Waals surface area (Å²) >= 11 is 0. The molecular formula is C15H18N4O. The van der Waals surface area contributed by atoms with Gasteiger partial charge in [0.1, 0.15) is 11.5 Å². The van der Waals surface area contributed by atoms with E-state index in [4.69, 9.17) is 0 Å². The first-order valence-corrected chi connectivity index (χ1v) is 6.52. The van der Waals surface area contributed by atoms with Crippen molar-refractivity contribution >= 4 is 17.4 Å². The Morgan fingerprint density at radius 3 is 2.55 bits per heavy atom. The highest BCUT2D eigenvalue weighted by atomic mass is 16.2. The molecule has 0 unspecified atom stereocenters. The average molecular weight is 270 g/mol. The van der Waals surface area contributed by atoms with Crippen molar-refractivity contribution in [3.63, 3.8) is 0 Å². The van der Waals surface area contributed by atoms with E-state index in [1.807, 2.05) is 24.3 Å². The molecule has 5 heteroatoms. The van der Waals surface area contributed by atoms with Gasteiger partial charge in [-0.1, -0.05) is 19.1 Å². The molecule has 0 aliphatic heterocycles. The number of hydrogen-bond donors (Lipinski definition) is 1. The van der Waals surface area contributed by atoms with Crippen molar-refractivity contribution in [3.05, 3.63) is 47.9 Å². The number of benzene rings is 1. The van der Waals surface area contributed by atoms with Gasteiger partial charge in [-0.25, -0.2) is 4.98 Å². The number of nitrogens with one attached hydrogen (secondary N) is 1. The van der Waals surface area contributed by atoms with Gasteiger partial charge in [0.05, 0.1) is 12.4 Å². The minimum absolute atomic E-state index is 0.182. The number of aryl methyl sites for hydroxylation is 1. The lowest BCUT2D eigenvalue weighted by molar-refractivity contribution is 0.0988. The van der Waals surface area contributed by atoms with Crippen molar-refractivity contribution < 1.29 is 4.79 Å². The summed E-state index contributed by atoms with van der Waals surface area (Å²) in [6.07, 6.45) is 4.03. The molecule has 0 aliphatic rings. The summed E-state index contributed by atoms with van der Waals surface area (Å²) in [5, 5.41) is 2.87. The molecule has 20 heavy (non-hydrogen) atoms. The van der Waals surface area contributed by atoms with Gasteiger partial charge in [0, 0.05) is 19.8 Å². The predicted molar refractivity (Wildman–Crippen MR) is 80.1 cm³/mol. The zero-order valence-electron chi connectivity index (χ0n) is 11.9. The van der Waals surface area contributed by atoms with Crippen LogP contribution in [-0.2, 0) is 6.42 Å². The summed E-state index contributed by atoms with van der Waals surface area (Å²) in [4.78, 5) is 22.1. The fourth-order valence-electron chi connectivity index (χ4n) is 1.83. The number of anilines is 2. The van der Waals surface area contributed by atoms with Gasteiger partial charge in [0.2, 0.25) is 0 Å². The van der Waals surface area contributed by atoms with Gasteiger partial charge < -0.3 is 10.2 Å². The summed E-state index contributed by atoms with van der Waals surface area (Å²) in [5.74, 6) is 0.393. The molecule has 0 fully saturated rings. The first kappa shape index (κ1) is 14.0. The van der Waals surface area contributed by atoms with E-state index >= 15 is 0 Å². The van der Waals surface area contributed by atoms with Crippen LogP contribution in [0.2, 0.25) is 0 Å². The van der Waals surface area contributed by atoms with Crippen molar-refractivity contribution in [3.8, 4) is 0 Å². The lowest BCUT2D eigenvalue weighted by atomic mass is 10.1. The van der Waals surface area contributed by atoms with Crippen LogP contribution in [-0.4, -0.2) is 30.0 Å². The van der Waals surface area contributed by atoms with Crippen LogP contribution in [0, 0.1) is 0 Å². The highest BCUT2D eigenvalue weighted by molar-refractivity contribution is 6.04. The molecular weight excluding hydrogens is 252 g/mol. The fourth-order valence-corrected chi connectivity index (χ4v) is 1.83. The van der Waals surface area contributed by atoms with Crippen molar-refractivity contribution in [2.24, 2.45) is 0 Å². The normalized spacial score (nSPS) is 10.2. The Labute approximate surface area is 118 Å². The third-order valence-electron chi connectivity index (χ3n) is 3.15. The largest absolute Gasteiger partial charge is 0.372 e. The zero-order valence-corrected chi connectivity index (χ0v) is 11.9. The van der Waals surface area contributed by atoms with E-state index in [0.717, 1.165) is 12.1 Å².